The zero-order valence-corrected chi connectivity index (χ0v) is 14.0. The van der Waals surface area contributed by atoms with Gasteiger partial charge in [-0.25, -0.2) is 9.97 Å². The van der Waals surface area contributed by atoms with Gasteiger partial charge in [0.2, 0.25) is 0 Å². The van der Waals surface area contributed by atoms with E-state index >= 15 is 0 Å². The lowest BCUT2D eigenvalue weighted by Crippen LogP contribution is -2.44. The number of piperazine rings is 1. The Morgan fingerprint density at radius 2 is 1.91 bits per heavy atom. The van der Waals surface area contributed by atoms with Gasteiger partial charge in [-0.2, -0.15) is 0 Å². The molecule has 3 rings (SSSR count). The second-order valence-corrected chi connectivity index (χ2v) is 6.06. The molecule has 0 aliphatic carbocycles. The quantitative estimate of drug-likeness (QED) is 0.940. The summed E-state index contributed by atoms with van der Waals surface area (Å²) in [5, 5.41) is 3.39. The Hall–Kier alpha value is -2.14. The Morgan fingerprint density at radius 1 is 1.17 bits per heavy atom. The van der Waals surface area contributed by atoms with E-state index in [-0.39, 0.29) is 0 Å². The van der Waals surface area contributed by atoms with Crippen molar-refractivity contribution in [1.29, 1.82) is 0 Å². The fraction of sp³-hybridized carbons (Fsp3) is 0.444. The summed E-state index contributed by atoms with van der Waals surface area (Å²) in [6.07, 6.45) is 1.97. The van der Waals surface area contributed by atoms with Crippen LogP contribution in [0.3, 0.4) is 0 Å². The summed E-state index contributed by atoms with van der Waals surface area (Å²) in [5.41, 5.74) is 3.19. The van der Waals surface area contributed by atoms with Gasteiger partial charge in [0.15, 0.2) is 5.82 Å². The fourth-order valence-electron chi connectivity index (χ4n) is 2.92. The van der Waals surface area contributed by atoms with Gasteiger partial charge in [0.1, 0.15) is 5.75 Å². The minimum atomic E-state index is 0.344. The smallest absolute Gasteiger partial charge is 0.163 e. The van der Waals surface area contributed by atoms with E-state index in [0.29, 0.717) is 5.92 Å². The molecule has 0 amide bonds. The molecule has 0 bridgehead atoms. The predicted octanol–water partition coefficient (Wildman–Crippen LogP) is 2.69. The molecule has 1 N–H and O–H groups in total. The number of methoxy groups -OCH3 is 1. The highest BCUT2D eigenvalue weighted by molar-refractivity contribution is 5.66. The Morgan fingerprint density at radius 3 is 2.61 bits per heavy atom. The molecule has 2 heterocycles. The molecule has 1 saturated heterocycles. The maximum Gasteiger partial charge on any atom is 0.163 e. The Kier molecular flexibility index (Phi) is 4.76. The average Bonchev–Trinajstić information content (AvgIpc) is 2.62. The first-order chi connectivity index (χ1) is 11.2. The third-order valence-corrected chi connectivity index (χ3v) is 4.15. The van der Waals surface area contributed by atoms with Crippen LogP contribution in [0.2, 0.25) is 0 Å². The van der Waals surface area contributed by atoms with E-state index in [4.69, 9.17) is 9.72 Å². The van der Waals surface area contributed by atoms with Crippen LogP contribution in [0.5, 0.6) is 5.75 Å². The van der Waals surface area contributed by atoms with Gasteiger partial charge in [0.25, 0.3) is 0 Å². The third kappa shape index (κ3) is 3.29. The predicted molar refractivity (Wildman–Crippen MR) is 93.2 cm³/mol. The molecule has 1 aromatic carbocycles. The molecule has 1 aliphatic rings. The van der Waals surface area contributed by atoms with E-state index in [1.807, 2.05) is 30.5 Å². The first kappa shape index (κ1) is 15.7. The van der Waals surface area contributed by atoms with Crippen molar-refractivity contribution in [3.63, 3.8) is 0 Å². The van der Waals surface area contributed by atoms with E-state index in [9.17, 15) is 0 Å². The highest BCUT2D eigenvalue weighted by Gasteiger charge is 2.19. The number of benzene rings is 1. The van der Waals surface area contributed by atoms with Crippen molar-refractivity contribution < 1.29 is 4.74 Å². The molecular formula is C18H24N4O. The van der Waals surface area contributed by atoms with Crippen LogP contribution in [-0.2, 0) is 0 Å². The van der Waals surface area contributed by atoms with Crippen LogP contribution in [0.25, 0.3) is 11.4 Å². The Balaban J connectivity index is 2.02. The van der Waals surface area contributed by atoms with Crippen LogP contribution < -0.4 is 15.0 Å². The first-order valence-electron chi connectivity index (χ1n) is 8.16. The van der Waals surface area contributed by atoms with Crippen molar-refractivity contribution in [3.8, 4) is 17.1 Å². The van der Waals surface area contributed by atoms with Crippen molar-refractivity contribution in [2.45, 2.75) is 19.8 Å². The molecule has 122 valence electrons. The number of hydrogen-bond donors (Lipinski definition) is 1. The van der Waals surface area contributed by atoms with Gasteiger partial charge >= 0.3 is 0 Å². The van der Waals surface area contributed by atoms with Gasteiger partial charge in [-0.3, -0.25) is 0 Å². The van der Waals surface area contributed by atoms with Crippen LogP contribution in [0.1, 0.15) is 25.5 Å². The van der Waals surface area contributed by atoms with Gasteiger partial charge in [0, 0.05) is 26.2 Å². The van der Waals surface area contributed by atoms with Crippen molar-refractivity contribution in [2.75, 3.05) is 38.2 Å². The number of rotatable bonds is 4. The zero-order chi connectivity index (χ0) is 16.2. The number of nitrogens with one attached hydrogen (secondary N) is 1. The van der Waals surface area contributed by atoms with Gasteiger partial charge < -0.3 is 15.0 Å². The summed E-state index contributed by atoms with van der Waals surface area (Å²) in [7, 11) is 1.68. The van der Waals surface area contributed by atoms with Crippen molar-refractivity contribution in [2.24, 2.45) is 0 Å². The Labute approximate surface area is 137 Å². The summed E-state index contributed by atoms with van der Waals surface area (Å²) in [4.78, 5) is 11.9. The molecule has 2 aromatic rings. The highest BCUT2D eigenvalue weighted by Crippen LogP contribution is 2.31. The SMILES string of the molecule is COc1ccccc1-c1ncc(N2CCNCC2)c(C(C)C)n1. The second-order valence-electron chi connectivity index (χ2n) is 6.06. The minimum absolute atomic E-state index is 0.344. The van der Waals surface area contributed by atoms with Crippen molar-refractivity contribution in [3.05, 3.63) is 36.2 Å². The summed E-state index contributed by atoms with van der Waals surface area (Å²) >= 11 is 0. The van der Waals surface area contributed by atoms with Crippen LogP contribution in [0.15, 0.2) is 30.5 Å². The highest BCUT2D eigenvalue weighted by atomic mass is 16.5. The number of ether oxygens (including phenoxy) is 1. The largest absolute Gasteiger partial charge is 0.496 e. The summed E-state index contributed by atoms with van der Waals surface area (Å²) < 4.78 is 5.45. The second kappa shape index (κ2) is 6.96. The van der Waals surface area contributed by atoms with E-state index in [0.717, 1.165) is 54.7 Å². The zero-order valence-electron chi connectivity index (χ0n) is 14.0. The number of nitrogens with zero attached hydrogens (tertiary/aromatic N) is 3. The van der Waals surface area contributed by atoms with E-state index in [1.165, 1.54) is 0 Å². The maximum atomic E-state index is 5.45. The lowest BCUT2D eigenvalue weighted by molar-refractivity contribution is 0.416. The van der Waals surface area contributed by atoms with Crippen LogP contribution >= 0.6 is 0 Å². The average molecular weight is 312 g/mol. The molecule has 5 nitrogen and oxygen atoms in total. The topological polar surface area (TPSA) is 50.3 Å². The molecule has 1 aromatic heterocycles. The summed E-state index contributed by atoms with van der Waals surface area (Å²) in [5.74, 6) is 1.87. The molecule has 1 aliphatic heterocycles. The van der Waals surface area contributed by atoms with Crippen LogP contribution in [0, 0.1) is 0 Å². The number of hydrogen-bond acceptors (Lipinski definition) is 5. The number of para-hydroxylation sites is 1. The van der Waals surface area contributed by atoms with Crippen LogP contribution in [-0.4, -0.2) is 43.3 Å². The number of anilines is 1. The lowest BCUT2D eigenvalue weighted by Gasteiger charge is -2.31. The molecule has 1 fully saturated rings. The molecule has 0 radical (unpaired) electrons. The molecule has 23 heavy (non-hydrogen) atoms. The molecule has 5 heteroatoms. The minimum Gasteiger partial charge on any atom is -0.496 e. The first-order valence-corrected chi connectivity index (χ1v) is 8.16. The Bertz CT molecular complexity index is 666. The lowest BCUT2D eigenvalue weighted by atomic mass is 10.1. The van der Waals surface area contributed by atoms with E-state index < -0.39 is 0 Å². The van der Waals surface area contributed by atoms with E-state index in [1.54, 1.807) is 7.11 Å². The summed E-state index contributed by atoms with van der Waals surface area (Å²) in [6, 6.07) is 7.89. The standard InChI is InChI=1S/C18H24N4O/c1-13(2)17-15(22-10-8-19-9-11-22)12-20-18(21-17)14-6-4-5-7-16(14)23-3/h4-7,12-13,19H,8-11H2,1-3H3. The van der Waals surface area contributed by atoms with Crippen molar-refractivity contribution in [1.82, 2.24) is 15.3 Å². The fourth-order valence-corrected chi connectivity index (χ4v) is 2.92. The monoisotopic (exact) mass is 312 g/mol. The van der Waals surface area contributed by atoms with Gasteiger partial charge in [-0.1, -0.05) is 26.0 Å². The third-order valence-electron chi connectivity index (χ3n) is 4.15. The van der Waals surface area contributed by atoms with Crippen LogP contribution in [0.4, 0.5) is 5.69 Å². The summed E-state index contributed by atoms with van der Waals surface area (Å²) in [6.45, 7) is 8.37. The van der Waals surface area contributed by atoms with Gasteiger partial charge in [-0.05, 0) is 18.1 Å². The van der Waals surface area contributed by atoms with E-state index in [2.05, 4.69) is 29.0 Å². The van der Waals surface area contributed by atoms with Gasteiger partial charge in [-0.15, -0.1) is 0 Å². The molecule has 0 spiro atoms. The van der Waals surface area contributed by atoms with Crippen molar-refractivity contribution >= 4 is 5.69 Å². The molecule has 0 unspecified atom stereocenters. The molecular weight excluding hydrogens is 288 g/mol. The number of aromatic nitrogens is 2. The normalized spacial score (nSPS) is 15.0. The maximum absolute atomic E-state index is 5.45. The molecule has 0 saturated carbocycles. The molecule has 0 atom stereocenters. The van der Waals surface area contributed by atoms with Gasteiger partial charge in [0.05, 0.1) is 30.3 Å².